The summed E-state index contributed by atoms with van der Waals surface area (Å²) in [7, 11) is 1.36. The number of thiophene rings is 1. The molecule has 0 fully saturated rings. The molecule has 0 bridgehead atoms. The molecule has 1 aliphatic heterocycles. The van der Waals surface area contributed by atoms with Crippen LogP contribution in [-0.2, 0) is 16.0 Å². The lowest BCUT2D eigenvalue weighted by atomic mass is 9.98. The lowest BCUT2D eigenvalue weighted by Gasteiger charge is -2.34. The first-order valence-electron chi connectivity index (χ1n) is 7.71. The van der Waals surface area contributed by atoms with E-state index in [0.29, 0.717) is 12.1 Å². The molecule has 4 rings (SSSR count). The molecule has 0 spiro atoms. The summed E-state index contributed by atoms with van der Waals surface area (Å²) in [5, 5.41) is 3.01. The van der Waals surface area contributed by atoms with Gasteiger partial charge in [-0.05, 0) is 47.0 Å². The lowest BCUT2D eigenvalue weighted by Crippen LogP contribution is -2.43. The van der Waals surface area contributed by atoms with Gasteiger partial charge in [-0.25, -0.2) is 4.79 Å². The smallest absolute Gasteiger partial charge is 0.333 e. The van der Waals surface area contributed by atoms with Crippen molar-refractivity contribution >= 4 is 34.1 Å². The number of carbonyl (C=O) groups excluding carboxylic acids is 2. The summed E-state index contributed by atoms with van der Waals surface area (Å²) in [4.78, 5) is 31.2. The zero-order valence-corrected chi connectivity index (χ0v) is 13.9. The van der Waals surface area contributed by atoms with Crippen LogP contribution in [0.15, 0.2) is 41.9 Å². The standard InChI is InChI=1S/C18H16N2O3S/c1-23-18(22)16-13-6-9-24-15(13)5-8-20(16)17(21)12-3-2-11-4-7-19-14(11)10-12/h2-4,6-7,9-10,16,19H,5,8H2,1H3. The molecule has 1 aliphatic rings. The van der Waals surface area contributed by atoms with Gasteiger partial charge in [0.25, 0.3) is 5.91 Å². The number of carbonyl (C=O) groups is 2. The lowest BCUT2D eigenvalue weighted by molar-refractivity contribution is -0.146. The van der Waals surface area contributed by atoms with Gasteiger partial charge in [0.05, 0.1) is 7.11 Å². The van der Waals surface area contributed by atoms with E-state index < -0.39 is 12.0 Å². The third-order valence-electron chi connectivity index (χ3n) is 4.45. The minimum absolute atomic E-state index is 0.154. The Kier molecular flexibility index (Phi) is 3.61. The molecular weight excluding hydrogens is 324 g/mol. The van der Waals surface area contributed by atoms with Gasteiger partial charge in [0.1, 0.15) is 0 Å². The number of aromatic amines is 1. The quantitative estimate of drug-likeness (QED) is 0.729. The Morgan fingerprint density at radius 3 is 3.00 bits per heavy atom. The van der Waals surface area contributed by atoms with Crippen LogP contribution < -0.4 is 0 Å². The molecule has 24 heavy (non-hydrogen) atoms. The van der Waals surface area contributed by atoms with Crippen molar-refractivity contribution in [1.82, 2.24) is 9.88 Å². The number of amides is 1. The van der Waals surface area contributed by atoms with Crippen molar-refractivity contribution in [2.45, 2.75) is 12.5 Å². The van der Waals surface area contributed by atoms with E-state index in [9.17, 15) is 9.59 Å². The third kappa shape index (κ3) is 2.30. The first-order valence-corrected chi connectivity index (χ1v) is 8.59. The van der Waals surface area contributed by atoms with Crippen molar-refractivity contribution in [3.63, 3.8) is 0 Å². The van der Waals surface area contributed by atoms with Crippen molar-refractivity contribution in [1.29, 1.82) is 0 Å². The van der Waals surface area contributed by atoms with Gasteiger partial charge < -0.3 is 14.6 Å². The molecule has 5 nitrogen and oxygen atoms in total. The molecule has 122 valence electrons. The average molecular weight is 340 g/mol. The second-order valence-electron chi connectivity index (χ2n) is 5.75. The minimum Gasteiger partial charge on any atom is -0.467 e. The van der Waals surface area contributed by atoms with Crippen LogP contribution in [0.3, 0.4) is 0 Å². The van der Waals surface area contributed by atoms with Crippen LogP contribution in [0.2, 0.25) is 0 Å². The Bertz CT molecular complexity index is 927. The van der Waals surface area contributed by atoms with Crippen molar-refractivity contribution in [3.8, 4) is 0 Å². The van der Waals surface area contributed by atoms with Gasteiger partial charge in [-0.15, -0.1) is 11.3 Å². The van der Waals surface area contributed by atoms with E-state index >= 15 is 0 Å². The monoisotopic (exact) mass is 340 g/mol. The number of nitrogens with one attached hydrogen (secondary N) is 1. The molecule has 1 N–H and O–H groups in total. The number of H-pyrrole nitrogens is 1. The molecule has 1 aromatic carbocycles. The van der Waals surface area contributed by atoms with Gasteiger partial charge >= 0.3 is 5.97 Å². The van der Waals surface area contributed by atoms with Gasteiger partial charge in [0, 0.05) is 28.7 Å². The molecule has 2 aromatic heterocycles. The van der Waals surface area contributed by atoms with Crippen molar-refractivity contribution < 1.29 is 14.3 Å². The van der Waals surface area contributed by atoms with Crippen LogP contribution >= 0.6 is 11.3 Å². The number of methoxy groups -OCH3 is 1. The average Bonchev–Trinajstić information content (AvgIpc) is 3.27. The molecule has 6 heteroatoms. The zero-order valence-electron chi connectivity index (χ0n) is 13.1. The Hall–Kier alpha value is -2.60. The number of hydrogen-bond acceptors (Lipinski definition) is 4. The summed E-state index contributed by atoms with van der Waals surface area (Å²) in [6.07, 6.45) is 2.60. The maximum Gasteiger partial charge on any atom is 0.333 e. The van der Waals surface area contributed by atoms with E-state index in [1.54, 1.807) is 22.3 Å². The van der Waals surface area contributed by atoms with Crippen LogP contribution in [0.5, 0.6) is 0 Å². The molecule has 0 saturated heterocycles. The van der Waals surface area contributed by atoms with Crippen LogP contribution in [0.25, 0.3) is 10.9 Å². The number of benzene rings is 1. The van der Waals surface area contributed by atoms with E-state index in [-0.39, 0.29) is 5.91 Å². The van der Waals surface area contributed by atoms with Gasteiger partial charge in [-0.2, -0.15) is 0 Å². The molecule has 1 unspecified atom stereocenters. The molecule has 0 saturated carbocycles. The highest BCUT2D eigenvalue weighted by molar-refractivity contribution is 7.10. The molecule has 3 aromatic rings. The molecule has 1 atom stereocenters. The second kappa shape index (κ2) is 5.79. The van der Waals surface area contributed by atoms with Crippen molar-refractivity contribution in [3.05, 3.63) is 57.9 Å². The maximum absolute atomic E-state index is 13.0. The second-order valence-corrected chi connectivity index (χ2v) is 6.75. The highest BCUT2D eigenvalue weighted by Crippen LogP contribution is 2.35. The van der Waals surface area contributed by atoms with E-state index in [0.717, 1.165) is 27.8 Å². The van der Waals surface area contributed by atoms with E-state index in [1.807, 2.05) is 35.8 Å². The number of hydrogen-bond donors (Lipinski definition) is 1. The van der Waals surface area contributed by atoms with E-state index in [4.69, 9.17) is 4.74 Å². The zero-order chi connectivity index (χ0) is 16.7. The molecule has 1 amide bonds. The minimum atomic E-state index is -0.670. The SMILES string of the molecule is COC(=O)C1c2ccsc2CCN1C(=O)c1ccc2cc[nH]c2c1. The molecule has 3 heterocycles. The van der Waals surface area contributed by atoms with Crippen LogP contribution in [0.4, 0.5) is 0 Å². The Morgan fingerprint density at radius 1 is 1.29 bits per heavy atom. The normalized spacial score (nSPS) is 16.9. The number of nitrogens with zero attached hydrogens (tertiary/aromatic N) is 1. The van der Waals surface area contributed by atoms with E-state index in [2.05, 4.69) is 4.98 Å². The largest absolute Gasteiger partial charge is 0.467 e. The van der Waals surface area contributed by atoms with Gasteiger partial charge in [-0.1, -0.05) is 6.07 Å². The van der Waals surface area contributed by atoms with Gasteiger partial charge in [0.2, 0.25) is 0 Å². The van der Waals surface area contributed by atoms with E-state index in [1.165, 1.54) is 7.11 Å². The first kappa shape index (κ1) is 15.0. The van der Waals surface area contributed by atoms with Gasteiger partial charge in [0.15, 0.2) is 6.04 Å². The maximum atomic E-state index is 13.0. The highest BCUT2D eigenvalue weighted by Gasteiger charge is 2.37. The predicted octanol–water partition coefficient (Wildman–Crippen LogP) is 3.14. The summed E-state index contributed by atoms with van der Waals surface area (Å²) in [6, 6.07) is 8.74. The Morgan fingerprint density at radius 2 is 2.17 bits per heavy atom. The topological polar surface area (TPSA) is 62.4 Å². The summed E-state index contributed by atoms with van der Waals surface area (Å²) in [5.74, 6) is -0.553. The number of esters is 1. The fourth-order valence-corrected chi connectivity index (χ4v) is 4.15. The van der Waals surface area contributed by atoms with Crippen LogP contribution in [0, 0.1) is 0 Å². The number of rotatable bonds is 2. The number of aromatic nitrogens is 1. The fourth-order valence-electron chi connectivity index (χ4n) is 3.25. The Labute approximate surface area is 142 Å². The summed E-state index contributed by atoms with van der Waals surface area (Å²) in [5.41, 5.74) is 2.36. The third-order valence-corrected chi connectivity index (χ3v) is 5.45. The summed E-state index contributed by atoms with van der Waals surface area (Å²) >= 11 is 1.62. The Balaban J connectivity index is 1.73. The van der Waals surface area contributed by atoms with Crippen molar-refractivity contribution in [2.24, 2.45) is 0 Å². The highest BCUT2D eigenvalue weighted by atomic mass is 32.1. The number of fused-ring (bicyclic) bond motifs is 2. The molecule has 0 radical (unpaired) electrons. The number of ether oxygens (including phenoxy) is 1. The summed E-state index contributed by atoms with van der Waals surface area (Å²) < 4.78 is 4.96. The predicted molar refractivity (Wildman–Crippen MR) is 92.1 cm³/mol. The fraction of sp³-hybridized carbons (Fsp3) is 0.222. The van der Waals surface area contributed by atoms with Crippen LogP contribution in [-0.4, -0.2) is 35.4 Å². The molecular formula is C18H16N2O3S. The summed E-state index contributed by atoms with van der Waals surface area (Å²) in [6.45, 7) is 0.509. The van der Waals surface area contributed by atoms with Crippen molar-refractivity contribution in [2.75, 3.05) is 13.7 Å². The van der Waals surface area contributed by atoms with Crippen LogP contribution in [0.1, 0.15) is 26.8 Å². The first-order chi connectivity index (χ1) is 11.7. The van der Waals surface area contributed by atoms with Gasteiger partial charge in [-0.3, -0.25) is 4.79 Å². The molecule has 0 aliphatic carbocycles.